The molecule has 26 heavy (non-hydrogen) atoms. The van der Waals surface area contributed by atoms with E-state index in [2.05, 4.69) is 5.32 Å². The summed E-state index contributed by atoms with van der Waals surface area (Å²) in [5.41, 5.74) is 2.70. The predicted octanol–water partition coefficient (Wildman–Crippen LogP) is 1.66. The van der Waals surface area contributed by atoms with Gasteiger partial charge in [-0.25, -0.2) is 13.6 Å². The van der Waals surface area contributed by atoms with E-state index in [1.807, 2.05) is 32.0 Å². The van der Waals surface area contributed by atoms with Gasteiger partial charge in [0.05, 0.1) is 11.4 Å². The number of carbonyl (C=O) groups excluding carboxylic acids is 2. The maximum Gasteiger partial charge on any atom is 0.254 e. The number of nitrogens with two attached hydrogens (primary N) is 1. The number of amides is 2. The minimum atomic E-state index is -3.91. The molecule has 7 nitrogen and oxygen atoms in total. The Balaban J connectivity index is 2.11. The van der Waals surface area contributed by atoms with Gasteiger partial charge in [-0.1, -0.05) is 24.3 Å². The zero-order valence-electron chi connectivity index (χ0n) is 14.8. The molecule has 0 bridgehead atoms. The van der Waals surface area contributed by atoms with Gasteiger partial charge in [0.25, 0.3) is 5.91 Å². The summed E-state index contributed by atoms with van der Waals surface area (Å²) in [6, 6.07) is 11.1. The molecule has 3 N–H and O–H groups in total. The van der Waals surface area contributed by atoms with Gasteiger partial charge in [0.2, 0.25) is 15.9 Å². The van der Waals surface area contributed by atoms with Gasteiger partial charge in [-0.05, 0) is 43.2 Å². The molecule has 8 heteroatoms. The number of sulfonamides is 1. The lowest BCUT2D eigenvalue weighted by atomic mass is 10.1. The van der Waals surface area contributed by atoms with Gasteiger partial charge >= 0.3 is 0 Å². The molecule has 0 radical (unpaired) electrons. The fraction of sp³-hybridized carbons (Fsp3) is 0.222. The molecule has 138 valence electrons. The van der Waals surface area contributed by atoms with Gasteiger partial charge in [-0.15, -0.1) is 0 Å². The van der Waals surface area contributed by atoms with Crippen molar-refractivity contribution in [2.75, 3.05) is 18.9 Å². The van der Waals surface area contributed by atoms with Gasteiger partial charge in [0.1, 0.15) is 0 Å². The van der Waals surface area contributed by atoms with Crippen molar-refractivity contribution in [3.8, 4) is 0 Å². The second-order valence-electron chi connectivity index (χ2n) is 6.05. The number of likely N-dealkylation sites (N-methyl/N-ethyl adjacent to an activating group) is 1. The van der Waals surface area contributed by atoms with Crippen molar-refractivity contribution >= 4 is 27.5 Å². The zero-order chi connectivity index (χ0) is 19.5. The summed E-state index contributed by atoms with van der Waals surface area (Å²) in [6.07, 6.45) is 0. The molecule has 0 heterocycles. The van der Waals surface area contributed by atoms with Crippen LogP contribution in [0.15, 0.2) is 47.4 Å². The summed E-state index contributed by atoms with van der Waals surface area (Å²) in [5.74, 6) is -0.826. The summed E-state index contributed by atoms with van der Waals surface area (Å²) in [5, 5.41) is 7.88. The lowest BCUT2D eigenvalue weighted by molar-refractivity contribution is -0.116. The minimum absolute atomic E-state index is 0.138. The van der Waals surface area contributed by atoms with Crippen LogP contribution in [0, 0.1) is 13.8 Å². The highest BCUT2D eigenvalue weighted by Crippen LogP contribution is 2.19. The van der Waals surface area contributed by atoms with Crippen LogP contribution in [-0.4, -0.2) is 38.7 Å². The monoisotopic (exact) mass is 375 g/mol. The number of carbonyl (C=O) groups is 2. The van der Waals surface area contributed by atoms with E-state index in [9.17, 15) is 18.0 Å². The molecular weight excluding hydrogens is 354 g/mol. The van der Waals surface area contributed by atoms with Gasteiger partial charge in [-0.3, -0.25) is 9.59 Å². The highest BCUT2D eigenvalue weighted by molar-refractivity contribution is 7.89. The van der Waals surface area contributed by atoms with Crippen LogP contribution in [0.4, 0.5) is 5.69 Å². The van der Waals surface area contributed by atoms with Crippen LogP contribution >= 0.6 is 0 Å². The second kappa shape index (κ2) is 7.67. The fourth-order valence-corrected chi connectivity index (χ4v) is 3.06. The van der Waals surface area contributed by atoms with Crippen molar-refractivity contribution < 1.29 is 18.0 Å². The van der Waals surface area contributed by atoms with Crippen molar-refractivity contribution in [3.05, 3.63) is 59.2 Å². The van der Waals surface area contributed by atoms with E-state index >= 15 is 0 Å². The number of para-hydroxylation sites is 1. The van der Waals surface area contributed by atoms with E-state index < -0.39 is 15.9 Å². The highest BCUT2D eigenvalue weighted by Gasteiger charge is 2.18. The van der Waals surface area contributed by atoms with Crippen LogP contribution in [0.1, 0.15) is 21.5 Å². The SMILES string of the molecule is Cc1cccc(C)c1NC(=O)CN(C)C(=O)c1cccc(S(N)(=O)=O)c1. The van der Waals surface area contributed by atoms with Crippen LogP contribution in [0.25, 0.3) is 0 Å². The van der Waals surface area contributed by atoms with E-state index in [0.717, 1.165) is 16.8 Å². The minimum Gasteiger partial charge on any atom is -0.332 e. The topological polar surface area (TPSA) is 110 Å². The third-order valence-electron chi connectivity index (χ3n) is 3.88. The van der Waals surface area contributed by atoms with Gasteiger partial charge in [-0.2, -0.15) is 0 Å². The largest absolute Gasteiger partial charge is 0.332 e. The Labute approximate surface area is 152 Å². The number of primary sulfonamides is 1. The van der Waals surface area contributed by atoms with Crippen molar-refractivity contribution in [2.24, 2.45) is 5.14 Å². The van der Waals surface area contributed by atoms with Crippen molar-refractivity contribution in [1.82, 2.24) is 4.90 Å². The molecule has 0 aromatic heterocycles. The molecule has 0 atom stereocenters. The number of hydrogen-bond donors (Lipinski definition) is 2. The van der Waals surface area contributed by atoms with Crippen LogP contribution in [0.5, 0.6) is 0 Å². The van der Waals surface area contributed by atoms with Crippen molar-refractivity contribution in [2.45, 2.75) is 18.7 Å². The normalized spacial score (nSPS) is 11.1. The maximum atomic E-state index is 12.5. The molecule has 0 fully saturated rings. The average molecular weight is 375 g/mol. The third-order valence-corrected chi connectivity index (χ3v) is 4.79. The van der Waals surface area contributed by atoms with Crippen molar-refractivity contribution in [1.29, 1.82) is 0 Å². The van der Waals surface area contributed by atoms with Crippen LogP contribution in [0.3, 0.4) is 0 Å². The lowest BCUT2D eigenvalue weighted by Gasteiger charge is -2.18. The van der Waals surface area contributed by atoms with Crippen LogP contribution < -0.4 is 10.5 Å². The van der Waals surface area contributed by atoms with E-state index in [-0.39, 0.29) is 22.9 Å². The summed E-state index contributed by atoms with van der Waals surface area (Å²) in [4.78, 5) is 25.8. The van der Waals surface area contributed by atoms with E-state index in [1.165, 1.54) is 36.2 Å². The molecule has 0 saturated carbocycles. The second-order valence-corrected chi connectivity index (χ2v) is 7.61. The first-order chi connectivity index (χ1) is 12.1. The lowest BCUT2D eigenvalue weighted by Crippen LogP contribution is -2.35. The Bertz CT molecular complexity index is 934. The van der Waals surface area contributed by atoms with Gasteiger partial charge < -0.3 is 10.2 Å². The first-order valence-electron chi connectivity index (χ1n) is 7.84. The molecule has 2 aromatic rings. The molecule has 0 saturated heterocycles. The standard InChI is InChI=1S/C18H21N3O4S/c1-12-6-4-7-13(2)17(12)20-16(22)11-21(3)18(23)14-8-5-9-15(10-14)26(19,24)25/h4-10H,11H2,1-3H3,(H,20,22)(H2,19,24,25). The molecular formula is C18H21N3O4S. The summed E-state index contributed by atoms with van der Waals surface area (Å²) < 4.78 is 22.8. The first-order valence-corrected chi connectivity index (χ1v) is 9.38. The summed E-state index contributed by atoms with van der Waals surface area (Å²) >= 11 is 0. The van der Waals surface area contributed by atoms with Crippen molar-refractivity contribution in [3.63, 3.8) is 0 Å². The number of rotatable bonds is 5. The maximum absolute atomic E-state index is 12.5. The number of nitrogens with zero attached hydrogens (tertiary/aromatic N) is 1. The molecule has 2 rings (SSSR count). The number of anilines is 1. The molecule has 2 amide bonds. The van der Waals surface area contributed by atoms with Crippen LogP contribution in [-0.2, 0) is 14.8 Å². The van der Waals surface area contributed by atoms with Crippen LogP contribution in [0.2, 0.25) is 0 Å². The average Bonchev–Trinajstić information content (AvgIpc) is 2.57. The molecule has 0 spiro atoms. The van der Waals surface area contributed by atoms with Gasteiger partial charge in [0, 0.05) is 18.3 Å². The number of benzene rings is 2. The van der Waals surface area contributed by atoms with E-state index in [4.69, 9.17) is 5.14 Å². The predicted molar refractivity (Wildman–Crippen MR) is 99.3 cm³/mol. The number of nitrogens with one attached hydrogen (secondary N) is 1. The number of hydrogen-bond acceptors (Lipinski definition) is 4. The highest BCUT2D eigenvalue weighted by atomic mass is 32.2. The third kappa shape index (κ3) is 4.68. The Morgan fingerprint density at radius 1 is 1.08 bits per heavy atom. The molecule has 0 aliphatic carbocycles. The Kier molecular flexibility index (Phi) is 5.79. The Morgan fingerprint density at radius 2 is 1.65 bits per heavy atom. The number of aryl methyl sites for hydroxylation is 2. The molecule has 0 aliphatic rings. The Morgan fingerprint density at radius 3 is 2.23 bits per heavy atom. The smallest absolute Gasteiger partial charge is 0.254 e. The zero-order valence-corrected chi connectivity index (χ0v) is 15.6. The molecule has 0 unspecified atom stereocenters. The first kappa shape index (κ1) is 19.6. The van der Waals surface area contributed by atoms with E-state index in [0.29, 0.717) is 0 Å². The van der Waals surface area contributed by atoms with Gasteiger partial charge in [0.15, 0.2) is 0 Å². The van der Waals surface area contributed by atoms with E-state index in [1.54, 1.807) is 0 Å². The Hall–Kier alpha value is -2.71. The quantitative estimate of drug-likeness (QED) is 0.828. The fourth-order valence-electron chi connectivity index (χ4n) is 2.50. The molecule has 0 aliphatic heterocycles. The molecule has 2 aromatic carbocycles. The summed E-state index contributed by atoms with van der Waals surface area (Å²) in [6.45, 7) is 3.60. The summed E-state index contributed by atoms with van der Waals surface area (Å²) in [7, 11) is -2.44.